The van der Waals surface area contributed by atoms with E-state index < -0.39 is 10.0 Å². The van der Waals surface area contributed by atoms with Crippen LogP contribution in [0, 0.1) is 27.7 Å². The number of aryl methyl sites for hydroxylation is 2. The molecule has 2 aromatic heterocycles. The van der Waals surface area contributed by atoms with E-state index >= 15 is 0 Å². The van der Waals surface area contributed by atoms with Crippen LogP contribution < -0.4 is 10.0 Å². The average molecular weight is 415 g/mol. The first-order chi connectivity index (χ1) is 13.7. The van der Waals surface area contributed by atoms with E-state index in [0.29, 0.717) is 18.2 Å². The minimum Gasteiger partial charge on any atom is -0.367 e. The van der Waals surface area contributed by atoms with Crippen molar-refractivity contribution < 1.29 is 8.42 Å². The van der Waals surface area contributed by atoms with E-state index in [0.717, 1.165) is 28.1 Å². The largest absolute Gasteiger partial charge is 0.367 e. The van der Waals surface area contributed by atoms with Gasteiger partial charge in [0.1, 0.15) is 5.82 Å². The van der Waals surface area contributed by atoms with Crippen LogP contribution in [-0.4, -0.2) is 41.5 Å². The molecule has 1 aromatic carbocycles. The fourth-order valence-electron chi connectivity index (χ4n) is 2.95. The molecule has 0 atom stereocenters. The highest BCUT2D eigenvalue weighted by Crippen LogP contribution is 2.15. The Morgan fingerprint density at radius 2 is 1.79 bits per heavy atom. The van der Waals surface area contributed by atoms with E-state index in [-0.39, 0.29) is 12.3 Å². The van der Waals surface area contributed by atoms with Crippen LogP contribution in [0.2, 0.25) is 0 Å². The molecule has 0 saturated heterocycles. The van der Waals surface area contributed by atoms with Crippen molar-refractivity contribution in [1.82, 2.24) is 24.7 Å². The van der Waals surface area contributed by atoms with Gasteiger partial charge in [0.05, 0.1) is 11.4 Å². The Morgan fingerprint density at radius 1 is 1.00 bits per heavy atom. The third-order valence-corrected chi connectivity index (χ3v) is 6.07. The number of sulfonamides is 1. The van der Waals surface area contributed by atoms with Gasteiger partial charge in [-0.1, -0.05) is 29.8 Å². The van der Waals surface area contributed by atoms with Crippen LogP contribution in [-0.2, 0) is 15.8 Å². The molecule has 8 nitrogen and oxygen atoms in total. The molecule has 0 fully saturated rings. The van der Waals surface area contributed by atoms with Crippen molar-refractivity contribution >= 4 is 15.8 Å². The molecule has 2 N–H and O–H groups in total. The summed E-state index contributed by atoms with van der Waals surface area (Å²) in [6.45, 7) is 8.58. The van der Waals surface area contributed by atoms with Gasteiger partial charge >= 0.3 is 0 Å². The van der Waals surface area contributed by atoms with Crippen molar-refractivity contribution in [3.05, 3.63) is 64.5 Å². The van der Waals surface area contributed by atoms with Crippen molar-refractivity contribution in [2.24, 2.45) is 0 Å². The first-order valence-electron chi connectivity index (χ1n) is 9.39. The summed E-state index contributed by atoms with van der Waals surface area (Å²) in [4.78, 5) is 0. The standard InChI is InChI=1S/C20H26N6O2S/c1-14-6-5-7-18(12-14)13-29(27,28)22-11-10-21-19-8-9-20(24-23-19)26-17(4)15(2)16(3)25-26/h5-9,12,22H,10-11,13H2,1-4H3,(H,21,23). The number of hydrogen-bond acceptors (Lipinski definition) is 6. The number of nitrogens with zero attached hydrogens (tertiary/aromatic N) is 4. The molecule has 2 heterocycles. The van der Waals surface area contributed by atoms with Gasteiger partial charge in [0.25, 0.3) is 0 Å². The smallest absolute Gasteiger partial charge is 0.215 e. The normalized spacial score (nSPS) is 11.6. The molecule has 0 aliphatic carbocycles. The van der Waals surface area contributed by atoms with E-state index in [1.165, 1.54) is 0 Å². The molecule has 3 rings (SSSR count). The van der Waals surface area contributed by atoms with E-state index in [4.69, 9.17) is 0 Å². The minimum absolute atomic E-state index is 0.0365. The Kier molecular flexibility index (Phi) is 6.29. The average Bonchev–Trinajstić information content (AvgIpc) is 2.93. The maximum Gasteiger partial charge on any atom is 0.215 e. The zero-order valence-corrected chi connectivity index (χ0v) is 17.9. The number of hydrogen-bond donors (Lipinski definition) is 2. The van der Waals surface area contributed by atoms with Crippen LogP contribution in [0.5, 0.6) is 0 Å². The monoisotopic (exact) mass is 414 g/mol. The molecule has 0 unspecified atom stereocenters. The van der Waals surface area contributed by atoms with Gasteiger partial charge in [-0.2, -0.15) is 5.10 Å². The lowest BCUT2D eigenvalue weighted by Crippen LogP contribution is -2.30. The number of benzene rings is 1. The quantitative estimate of drug-likeness (QED) is 0.549. The maximum absolute atomic E-state index is 12.2. The summed E-state index contributed by atoms with van der Waals surface area (Å²) in [7, 11) is -3.39. The third-order valence-electron chi connectivity index (χ3n) is 4.71. The van der Waals surface area contributed by atoms with Gasteiger partial charge < -0.3 is 5.32 Å². The second-order valence-electron chi connectivity index (χ2n) is 7.05. The van der Waals surface area contributed by atoms with E-state index in [1.54, 1.807) is 10.7 Å². The lowest BCUT2D eigenvalue weighted by Gasteiger charge is -2.09. The summed E-state index contributed by atoms with van der Waals surface area (Å²) in [6.07, 6.45) is 0. The first kappa shape index (κ1) is 20.9. The molecule has 9 heteroatoms. The van der Waals surface area contributed by atoms with Crippen molar-refractivity contribution in [2.75, 3.05) is 18.4 Å². The van der Waals surface area contributed by atoms with Gasteiger partial charge in [-0.3, -0.25) is 0 Å². The van der Waals surface area contributed by atoms with E-state index in [1.807, 2.05) is 58.0 Å². The summed E-state index contributed by atoms with van der Waals surface area (Å²) >= 11 is 0. The van der Waals surface area contributed by atoms with E-state index in [9.17, 15) is 8.42 Å². The van der Waals surface area contributed by atoms with Gasteiger partial charge in [-0.05, 0) is 51.0 Å². The minimum atomic E-state index is -3.39. The summed E-state index contributed by atoms with van der Waals surface area (Å²) < 4.78 is 28.8. The third kappa shape index (κ3) is 5.39. The van der Waals surface area contributed by atoms with E-state index in [2.05, 4.69) is 25.3 Å². The second-order valence-corrected chi connectivity index (χ2v) is 8.86. The summed E-state index contributed by atoms with van der Waals surface area (Å²) in [5.74, 6) is 1.18. The molecule has 29 heavy (non-hydrogen) atoms. The highest BCUT2D eigenvalue weighted by Gasteiger charge is 2.12. The number of rotatable bonds is 8. The van der Waals surface area contributed by atoms with Crippen molar-refractivity contribution in [1.29, 1.82) is 0 Å². The number of anilines is 1. The fourth-order valence-corrected chi connectivity index (χ4v) is 4.08. The number of nitrogens with one attached hydrogen (secondary N) is 2. The maximum atomic E-state index is 12.2. The van der Waals surface area contributed by atoms with Gasteiger partial charge in [-0.15, -0.1) is 10.2 Å². The molecule has 0 radical (unpaired) electrons. The lowest BCUT2D eigenvalue weighted by atomic mass is 10.2. The van der Waals surface area contributed by atoms with Gasteiger partial charge in [0.15, 0.2) is 5.82 Å². The van der Waals surface area contributed by atoms with Crippen LogP contribution in [0.1, 0.15) is 28.1 Å². The zero-order valence-electron chi connectivity index (χ0n) is 17.1. The highest BCUT2D eigenvalue weighted by atomic mass is 32.2. The SMILES string of the molecule is Cc1cccc(CS(=O)(=O)NCCNc2ccc(-n3nc(C)c(C)c3C)nn2)c1. The highest BCUT2D eigenvalue weighted by molar-refractivity contribution is 7.88. The second kappa shape index (κ2) is 8.71. The van der Waals surface area contributed by atoms with Crippen LogP contribution >= 0.6 is 0 Å². The van der Waals surface area contributed by atoms with Crippen LogP contribution in [0.25, 0.3) is 5.82 Å². The zero-order chi connectivity index (χ0) is 21.0. The van der Waals surface area contributed by atoms with Gasteiger partial charge in [0.2, 0.25) is 10.0 Å². The topological polar surface area (TPSA) is 102 Å². The Bertz CT molecular complexity index is 1090. The molecular weight excluding hydrogens is 388 g/mol. The van der Waals surface area contributed by atoms with Crippen molar-refractivity contribution in [3.63, 3.8) is 0 Å². The molecule has 0 bridgehead atoms. The van der Waals surface area contributed by atoms with Crippen molar-refractivity contribution in [2.45, 2.75) is 33.4 Å². The van der Waals surface area contributed by atoms with Crippen LogP contribution in [0.15, 0.2) is 36.4 Å². The lowest BCUT2D eigenvalue weighted by molar-refractivity contribution is 0.582. The molecule has 0 amide bonds. The molecule has 0 aliphatic heterocycles. The molecule has 0 saturated carbocycles. The molecular formula is C20H26N6O2S. The van der Waals surface area contributed by atoms with Crippen LogP contribution in [0.4, 0.5) is 5.82 Å². The summed E-state index contributed by atoms with van der Waals surface area (Å²) in [6, 6.07) is 11.1. The fraction of sp³-hybridized carbons (Fsp3) is 0.350. The molecule has 0 aliphatic rings. The van der Waals surface area contributed by atoms with Gasteiger partial charge in [-0.25, -0.2) is 17.8 Å². The summed E-state index contributed by atoms with van der Waals surface area (Å²) in [5, 5.41) is 15.9. The first-order valence-corrected chi connectivity index (χ1v) is 11.0. The Morgan fingerprint density at radius 3 is 2.41 bits per heavy atom. The van der Waals surface area contributed by atoms with Crippen LogP contribution in [0.3, 0.4) is 0 Å². The molecule has 3 aromatic rings. The number of aromatic nitrogens is 4. The van der Waals surface area contributed by atoms with Crippen molar-refractivity contribution in [3.8, 4) is 5.82 Å². The molecule has 154 valence electrons. The Labute approximate surface area is 171 Å². The molecule has 0 spiro atoms. The Balaban J connectivity index is 1.51. The predicted molar refractivity (Wildman–Crippen MR) is 114 cm³/mol. The predicted octanol–water partition coefficient (Wildman–Crippen LogP) is 2.43. The Hall–Kier alpha value is -2.78. The summed E-state index contributed by atoms with van der Waals surface area (Å²) in [5.41, 5.74) is 4.93. The van der Waals surface area contributed by atoms with Gasteiger partial charge in [0, 0.05) is 18.8 Å².